The van der Waals surface area contributed by atoms with Crippen molar-refractivity contribution in [1.29, 1.82) is 0 Å². The van der Waals surface area contributed by atoms with Crippen LogP contribution < -0.4 is 5.73 Å². The summed E-state index contributed by atoms with van der Waals surface area (Å²) in [5.41, 5.74) is 5.85. The lowest BCUT2D eigenvalue weighted by Gasteiger charge is -2.35. The molecule has 0 bridgehead atoms. The molecule has 2 amide bonds. The second-order valence-corrected chi connectivity index (χ2v) is 5.19. The Bertz CT molecular complexity index is 571. The normalized spacial score (nSPS) is 18.3. The van der Waals surface area contributed by atoms with Crippen molar-refractivity contribution in [1.82, 2.24) is 4.90 Å². The van der Waals surface area contributed by atoms with Crippen LogP contribution in [0.15, 0.2) is 24.3 Å². The fourth-order valence-corrected chi connectivity index (χ4v) is 2.65. The van der Waals surface area contributed by atoms with E-state index in [-0.39, 0.29) is 23.9 Å². The Morgan fingerprint density at radius 3 is 2.62 bits per heavy atom. The largest absolute Gasteiger partial charge is 0.481 e. The summed E-state index contributed by atoms with van der Waals surface area (Å²) in [4.78, 5) is 36.2. The van der Waals surface area contributed by atoms with Gasteiger partial charge in [0.25, 0.3) is 5.91 Å². The highest BCUT2D eigenvalue weighted by molar-refractivity contribution is 5.99. The molecule has 21 heavy (non-hydrogen) atoms. The van der Waals surface area contributed by atoms with Crippen molar-refractivity contribution in [3.8, 4) is 0 Å². The second-order valence-electron chi connectivity index (χ2n) is 5.19. The van der Waals surface area contributed by atoms with Crippen molar-refractivity contribution < 1.29 is 19.5 Å². The summed E-state index contributed by atoms with van der Waals surface area (Å²) < 4.78 is 0. The van der Waals surface area contributed by atoms with E-state index in [4.69, 9.17) is 10.8 Å². The van der Waals surface area contributed by atoms with Gasteiger partial charge in [-0.3, -0.25) is 14.4 Å². The minimum absolute atomic E-state index is 0.0543. The summed E-state index contributed by atoms with van der Waals surface area (Å²) in [6.45, 7) is 0.539. The van der Waals surface area contributed by atoms with Gasteiger partial charge in [-0.15, -0.1) is 0 Å². The van der Waals surface area contributed by atoms with Gasteiger partial charge in [-0.25, -0.2) is 0 Å². The number of hydrogen-bond acceptors (Lipinski definition) is 3. The number of hydrogen-bond donors (Lipinski definition) is 2. The zero-order valence-electron chi connectivity index (χ0n) is 11.6. The monoisotopic (exact) mass is 290 g/mol. The first-order valence-electron chi connectivity index (χ1n) is 6.91. The molecule has 1 aliphatic heterocycles. The summed E-state index contributed by atoms with van der Waals surface area (Å²) in [7, 11) is 0. The van der Waals surface area contributed by atoms with Gasteiger partial charge < -0.3 is 15.7 Å². The molecule has 1 saturated heterocycles. The maximum absolute atomic E-state index is 12.5. The molecule has 1 heterocycles. The molecule has 0 radical (unpaired) electrons. The van der Waals surface area contributed by atoms with Gasteiger partial charge in [0.15, 0.2) is 0 Å². The average Bonchev–Trinajstić information content (AvgIpc) is 2.46. The van der Waals surface area contributed by atoms with Gasteiger partial charge in [0.2, 0.25) is 5.91 Å². The molecule has 3 N–H and O–H groups in total. The number of benzene rings is 1. The number of carbonyl (C=O) groups excluding carboxylic acids is 2. The molecular formula is C15H18N2O4. The Hall–Kier alpha value is -2.37. The molecule has 1 aromatic carbocycles. The predicted octanol–water partition coefficient (Wildman–Crippen LogP) is 1.25. The molecule has 112 valence electrons. The molecule has 1 fully saturated rings. The quantitative estimate of drug-likeness (QED) is 0.871. The third-order valence-electron chi connectivity index (χ3n) is 3.69. The van der Waals surface area contributed by atoms with Gasteiger partial charge in [-0.2, -0.15) is 0 Å². The van der Waals surface area contributed by atoms with Crippen LogP contribution in [-0.4, -0.2) is 40.4 Å². The van der Waals surface area contributed by atoms with Crippen molar-refractivity contribution in [2.24, 2.45) is 5.73 Å². The summed E-state index contributed by atoms with van der Waals surface area (Å²) in [5, 5.41) is 8.95. The average molecular weight is 290 g/mol. The van der Waals surface area contributed by atoms with E-state index in [1.807, 2.05) is 0 Å². The molecule has 1 unspecified atom stereocenters. The van der Waals surface area contributed by atoms with Crippen LogP contribution >= 0.6 is 0 Å². The van der Waals surface area contributed by atoms with Crippen LogP contribution in [0.5, 0.6) is 0 Å². The molecule has 6 nitrogen and oxygen atoms in total. The van der Waals surface area contributed by atoms with Crippen LogP contribution in [-0.2, 0) is 4.79 Å². The fourth-order valence-electron chi connectivity index (χ4n) is 2.65. The third kappa shape index (κ3) is 3.59. The summed E-state index contributed by atoms with van der Waals surface area (Å²) in [5.74, 6) is -1.75. The highest BCUT2D eigenvalue weighted by atomic mass is 16.4. The first-order valence-corrected chi connectivity index (χ1v) is 6.91. The van der Waals surface area contributed by atoms with E-state index in [1.54, 1.807) is 23.1 Å². The first-order chi connectivity index (χ1) is 9.99. The highest BCUT2D eigenvalue weighted by Crippen LogP contribution is 2.22. The standard InChI is InChI=1S/C15H18N2O4/c16-14(20)10-4-3-5-11(8-10)15(21)17-7-2-1-6-12(17)9-13(18)19/h3-5,8,12H,1-2,6-7,9H2,(H2,16,20)(H,18,19). The van der Waals surface area contributed by atoms with E-state index in [1.165, 1.54) is 6.07 Å². The van der Waals surface area contributed by atoms with Crippen LogP contribution in [0.4, 0.5) is 0 Å². The van der Waals surface area contributed by atoms with E-state index in [0.29, 0.717) is 18.5 Å². The SMILES string of the molecule is NC(=O)c1cccc(C(=O)N2CCCCC2CC(=O)O)c1. The first kappa shape index (κ1) is 15.0. The number of nitrogens with zero attached hydrogens (tertiary/aromatic N) is 1. The van der Waals surface area contributed by atoms with Gasteiger partial charge in [0.05, 0.1) is 6.42 Å². The lowest BCUT2D eigenvalue weighted by atomic mass is 9.98. The number of aliphatic carboxylic acids is 1. The molecule has 0 aromatic heterocycles. The molecule has 1 atom stereocenters. The summed E-state index contributed by atoms with van der Waals surface area (Å²) >= 11 is 0. The molecular weight excluding hydrogens is 272 g/mol. The maximum atomic E-state index is 12.5. The minimum atomic E-state index is -0.911. The Balaban J connectivity index is 2.22. The Kier molecular flexibility index (Phi) is 4.57. The van der Waals surface area contributed by atoms with E-state index in [0.717, 1.165) is 12.8 Å². The molecule has 2 rings (SSSR count). The highest BCUT2D eigenvalue weighted by Gasteiger charge is 2.29. The van der Waals surface area contributed by atoms with E-state index >= 15 is 0 Å². The third-order valence-corrected chi connectivity index (χ3v) is 3.69. The van der Waals surface area contributed by atoms with Gasteiger partial charge in [0.1, 0.15) is 0 Å². The number of rotatable bonds is 4. The second kappa shape index (κ2) is 6.39. The zero-order chi connectivity index (χ0) is 15.4. The van der Waals surface area contributed by atoms with Crippen molar-refractivity contribution in [3.05, 3.63) is 35.4 Å². The number of amides is 2. The van der Waals surface area contributed by atoms with Crippen molar-refractivity contribution in [3.63, 3.8) is 0 Å². The van der Waals surface area contributed by atoms with E-state index < -0.39 is 11.9 Å². The summed E-state index contributed by atoms with van der Waals surface area (Å²) in [6, 6.07) is 5.92. The number of carbonyl (C=O) groups is 3. The molecule has 0 aliphatic carbocycles. The van der Waals surface area contributed by atoms with Gasteiger partial charge in [-0.05, 0) is 37.5 Å². The molecule has 0 spiro atoms. The Morgan fingerprint density at radius 2 is 1.95 bits per heavy atom. The van der Waals surface area contributed by atoms with Crippen molar-refractivity contribution in [2.75, 3.05) is 6.54 Å². The van der Waals surface area contributed by atoms with Crippen LogP contribution in [0, 0.1) is 0 Å². The smallest absolute Gasteiger partial charge is 0.305 e. The van der Waals surface area contributed by atoms with Crippen molar-refractivity contribution in [2.45, 2.75) is 31.7 Å². The van der Waals surface area contributed by atoms with Crippen LogP contribution in [0.3, 0.4) is 0 Å². The fraction of sp³-hybridized carbons (Fsp3) is 0.400. The van der Waals surface area contributed by atoms with Crippen LogP contribution in [0.25, 0.3) is 0 Å². The number of likely N-dealkylation sites (tertiary alicyclic amines) is 1. The number of primary amides is 1. The lowest BCUT2D eigenvalue weighted by Crippen LogP contribution is -2.44. The van der Waals surface area contributed by atoms with Crippen LogP contribution in [0.2, 0.25) is 0 Å². The zero-order valence-corrected chi connectivity index (χ0v) is 11.6. The number of piperidine rings is 1. The van der Waals surface area contributed by atoms with Gasteiger partial charge in [-0.1, -0.05) is 6.07 Å². The van der Waals surface area contributed by atoms with Crippen LogP contribution in [0.1, 0.15) is 46.4 Å². The van der Waals surface area contributed by atoms with Gasteiger partial charge in [0, 0.05) is 23.7 Å². The summed E-state index contributed by atoms with van der Waals surface area (Å²) in [6.07, 6.45) is 2.41. The molecule has 6 heteroatoms. The number of nitrogens with two attached hydrogens (primary N) is 1. The lowest BCUT2D eigenvalue weighted by molar-refractivity contribution is -0.138. The molecule has 1 aromatic rings. The van der Waals surface area contributed by atoms with Gasteiger partial charge >= 0.3 is 5.97 Å². The number of carboxylic acid groups (broad SMARTS) is 1. The van der Waals surface area contributed by atoms with E-state index in [9.17, 15) is 14.4 Å². The molecule has 0 saturated carbocycles. The Morgan fingerprint density at radius 1 is 1.24 bits per heavy atom. The predicted molar refractivity (Wildman–Crippen MR) is 75.9 cm³/mol. The van der Waals surface area contributed by atoms with Crippen molar-refractivity contribution >= 4 is 17.8 Å². The topological polar surface area (TPSA) is 101 Å². The Labute approximate surface area is 122 Å². The number of carboxylic acids is 1. The minimum Gasteiger partial charge on any atom is -0.481 e. The molecule has 1 aliphatic rings. The maximum Gasteiger partial charge on any atom is 0.305 e. The van der Waals surface area contributed by atoms with E-state index in [2.05, 4.69) is 0 Å².